The van der Waals surface area contributed by atoms with E-state index in [0.29, 0.717) is 0 Å². The van der Waals surface area contributed by atoms with Gasteiger partial charge in [-0.2, -0.15) is 0 Å². The van der Waals surface area contributed by atoms with E-state index in [1.807, 2.05) is 0 Å². The minimum absolute atomic E-state index is 0.139. The fourth-order valence-electron chi connectivity index (χ4n) is 0. The van der Waals surface area contributed by atoms with Crippen molar-refractivity contribution in [2.75, 3.05) is 13.2 Å². The lowest BCUT2D eigenvalue weighted by Crippen LogP contribution is -2.03. The summed E-state index contributed by atoms with van der Waals surface area (Å²) < 4.78 is 0. The molecule has 0 aromatic heterocycles. The summed E-state index contributed by atoms with van der Waals surface area (Å²) in [5.74, 6) is -0.981. The van der Waals surface area contributed by atoms with Gasteiger partial charge in [0, 0.05) is 6.08 Å². The molecule has 15 heavy (non-hydrogen) atoms. The van der Waals surface area contributed by atoms with Crippen LogP contribution < -0.4 is 0 Å². The summed E-state index contributed by atoms with van der Waals surface area (Å²) >= 11 is 0. The van der Waals surface area contributed by atoms with Crippen molar-refractivity contribution in [1.29, 1.82) is 0 Å². The maximum atomic E-state index is 9.25. The van der Waals surface area contributed by atoms with Crippen LogP contribution in [0.15, 0.2) is 12.7 Å². The van der Waals surface area contributed by atoms with Gasteiger partial charge in [0.2, 0.25) is 0 Å². The highest BCUT2D eigenvalue weighted by Gasteiger charge is 1.83. The Kier molecular flexibility index (Phi) is 20.3. The first-order chi connectivity index (χ1) is 6.81. The average Bonchev–Trinajstić information content (AvgIpc) is 2.19. The molecule has 2 atom stereocenters. The van der Waals surface area contributed by atoms with Gasteiger partial charge < -0.3 is 25.5 Å². The lowest BCUT2D eigenvalue weighted by molar-refractivity contribution is -0.131. The number of aliphatic hydroxyl groups is 4. The molecule has 2 unspecified atom stereocenters. The highest BCUT2D eigenvalue weighted by atomic mass is 16.4. The molecule has 0 aliphatic carbocycles. The fourth-order valence-corrected chi connectivity index (χ4v) is 0. The first kappa shape index (κ1) is 19.6. The van der Waals surface area contributed by atoms with E-state index < -0.39 is 18.2 Å². The smallest absolute Gasteiger partial charge is 0.327 e. The van der Waals surface area contributed by atoms with Crippen molar-refractivity contribution >= 4 is 5.97 Å². The summed E-state index contributed by atoms with van der Waals surface area (Å²) in [7, 11) is 0. The molecule has 0 saturated heterocycles. The standard InChI is InChI=1S/2C3H8O2.C3H4O2/c2*1-3(5)2-4;1-2-3(4)5/h2*3-5H,2H2,1H3;2H,1H2,(H,4,5). The molecule has 0 radical (unpaired) electrons. The van der Waals surface area contributed by atoms with E-state index in [0.717, 1.165) is 6.08 Å². The van der Waals surface area contributed by atoms with Crippen molar-refractivity contribution in [2.24, 2.45) is 0 Å². The third kappa shape index (κ3) is 62.5. The largest absolute Gasteiger partial charge is 0.478 e. The average molecular weight is 224 g/mol. The summed E-state index contributed by atoms with van der Waals surface area (Å²) in [6.07, 6.45) is -0.287. The maximum Gasteiger partial charge on any atom is 0.327 e. The molecule has 0 aliphatic rings. The number of carboxylic acids is 1. The van der Waals surface area contributed by atoms with Crippen LogP contribution in [-0.4, -0.2) is 56.9 Å². The van der Waals surface area contributed by atoms with Gasteiger partial charge in [-0.05, 0) is 13.8 Å². The van der Waals surface area contributed by atoms with Crippen molar-refractivity contribution in [2.45, 2.75) is 26.1 Å². The van der Waals surface area contributed by atoms with Crippen LogP contribution in [0.2, 0.25) is 0 Å². The van der Waals surface area contributed by atoms with Crippen LogP contribution in [0.1, 0.15) is 13.8 Å². The van der Waals surface area contributed by atoms with Gasteiger partial charge in [-0.1, -0.05) is 6.58 Å². The number of carbonyl (C=O) groups is 1. The Morgan fingerprint density at radius 1 is 1.20 bits per heavy atom. The van der Waals surface area contributed by atoms with Gasteiger partial charge in [0.05, 0.1) is 25.4 Å². The van der Waals surface area contributed by atoms with Crippen molar-refractivity contribution in [3.05, 3.63) is 12.7 Å². The van der Waals surface area contributed by atoms with Crippen molar-refractivity contribution in [3.63, 3.8) is 0 Å². The van der Waals surface area contributed by atoms with Crippen LogP contribution in [0.5, 0.6) is 0 Å². The Morgan fingerprint density at radius 2 is 1.33 bits per heavy atom. The molecule has 92 valence electrons. The summed E-state index contributed by atoms with van der Waals surface area (Å²) in [6.45, 7) is 5.74. The van der Waals surface area contributed by atoms with Gasteiger partial charge in [-0.25, -0.2) is 4.79 Å². The zero-order valence-corrected chi connectivity index (χ0v) is 9.00. The first-order valence-corrected chi connectivity index (χ1v) is 4.24. The maximum absolute atomic E-state index is 9.25. The van der Waals surface area contributed by atoms with Gasteiger partial charge >= 0.3 is 5.97 Å². The molecule has 0 bridgehead atoms. The van der Waals surface area contributed by atoms with Crippen LogP contribution in [0.4, 0.5) is 0 Å². The van der Waals surface area contributed by atoms with Crippen molar-refractivity contribution in [3.8, 4) is 0 Å². The number of aliphatic carboxylic acids is 1. The molecule has 0 amide bonds. The first-order valence-electron chi connectivity index (χ1n) is 4.24. The SMILES string of the molecule is C=CC(=O)O.CC(O)CO.CC(O)CO. The second-order valence-corrected chi connectivity index (χ2v) is 2.61. The molecule has 6 heteroatoms. The number of hydrogen-bond donors (Lipinski definition) is 5. The van der Waals surface area contributed by atoms with E-state index in [-0.39, 0.29) is 13.2 Å². The Hall–Kier alpha value is -0.950. The fraction of sp³-hybridized carbons (Fsp3) is 0.667. The number of carboxylic acid groups (broad SMARTS) is 1. The van der Waals surface area contributed by atoms with Crippen LogP contribution in [-0.2, 0) is 4.79 Å². The summed E-state index contributed by atoms with van der Waals surface area (Å²) in [5, 5.41) is 39.6. The predicted octanol–water partition coefficient (Wildman–Crippen LogP) is -1.02. The molecule has 0 heterocycles. The Bertz CT molecular complexity index is 136. The summed E-state index contributed by atoms with van der Waals surface area (Å²) in [6, 6.07) is 0. The second-order valence-electron chi connectivity index (χ2n) is 2.61. The number of hydrogen-bond acceptors (Lipinski definition) is 5. The normalized spacial score (nSPS) is 12.1. The molecule has 6 nitrogen and oxygen atoms in total. The van der Waals surface area contributed by atoms with Crippen LogP contribution in [0.3, 0.4) is 0 Å². The minimum Gasteiger partial charge on any atom is -0.478 e. The molecule has 0 rings (SSSR count). The third-order valence-corrected chi connectivity index (χ3v) is 0.703. The molecule has 0 aromatic carbocycles. The Morgan fingerprint density at radius 3 is 1.33 bits per heavy atom. The second kappa shape index (κ2) is 15.5. The van der Waals surface area contributed by atoms with E-state index in [9.17, 15) is 4.79 Å². The molecule has 0 aromatic rings. The zero-order chi connectivity index (χ0) is 12.9. The summed E-state index contributed by atoms with van der Waals surface area (Å²) in [4.78, 5) is 9.25. The van der Waals surface area contributed by atoms with Gasteiger partial charge in [-0.15, -0.1) is 0 Å². The highest BCUT2D eigenvalue weighted by Crippen LogP contribution is 1.69. The highest BCUT2D eigenvalue weighted by molar-refractivity contribution is 5.78. The topological polar surface area (TPSA) is 118 Å². The quantitative estimate of drug-likeness (QED) is 0.391. The summed E-state index contributed by atoms with van der Waals surface area (Å²) in [5.41, 5.74) is 0. The van der Waals surface area contributed by atoms with Crippen molar-refractivity contribution in [1.82, 2.24) is 0 Å². The molecule has 0 aliphatic heterocycles. The third-order valence-electron chi connectivity index (χ3n) is 0.703. The molecule has 0 fully saturated rings. The zero-order valence-electron chi connectivity index (χ0n) is 9.00. The molecule has 0 saturated carbocycles. The lowest BCUT2D eigenvalue weighted by Gasteiger charge is -1.90. The van der Waals surface area contributed by atoms with Gasteiger partial charge in [0.25, 0.3) is 0 Å². The Labute approximate surface area is 89.1 Å². The van der Waals surface area contributed by atoms with Crippen LogP contribution in [0.25, 0.3) is 0 Å². The van der Waals surface area contributed by atoms with Gasteiger partial charge in [-0.3, -0.25) is 0 Å². The lowest BCUT2D eigenvalue weighted by atomic mass is 10.5. The number of rotatable bonds is 3. The number of aliphatic hydroxyl groups excluding tert-OH is 4. The minimum atomic E-state index is -0.981. The van der Waals surface area contributed by atoms with E-state index in [1.54, 1.807) is 0 Å². The van der Waals surface area contributed by atoms with Crippen molar-refractivity contribution < 1.29 is 30.3 Å². The van der Waals surface area contributed by atoms with E-state index >= 15 is 0 Å². The molecular formula is C9H20O6. The Balaban J connectivity index is -0.000000144. The molecule has 0 spiro atoms. The van der Waals surface area contributed by atoms with E-state index in [2.05, 4.69) is 6.58 Å². The molecular weight excluding hydrogens is 204 g/mol. The van der Waals surface area contributed by atoms with E-state index in [4.69, 9.17) is 25.5 Å². The molecule has 5 N–H and O–H groups in total. The van der Waals surface area contributed by atoms with E-state index in [1.165, 1.54) is 13.8 Å². The predicted molar refractivity (Wildman–Crippen MR) is 55.4 cm³/mol. The van der Waals surface area contributed by atoms with Gasteiger partial charge in [0.1, 0.15) is 0 Å². The van der Waals surface area contributed by atoms with Gasteiger partial charge in [0.15, 0.2) is 0 Å². The monoisotopic (exact) mass is 224 g/mol. The van der Waals surface area contributed by atoms with Crippen LogP contribution in [0, 0.1) is 0 Å². The van der Waals surface area contributed by atoms with Crippen LogP contribution >= 0.6 is 0 Å².